The molecular formula is C27H32B2O4. The van der Waals surface area contributed by atoms with E-state index in [9.17, 15) is 0 Å². The Morgan fingerprint density at radius 2 is 1.09 bits per heavy atom. The highest BCUT2D eigenvalue weighted by Crippen LogP contribution is 2.52. The van der Waals surface area contributed by atoms with Crippen molar-refractivity contribution in [2.45, 2.75) is 71.0 Å². The van der Waals surface area contributed by atoms with Gasteiger partial charge in [-0.15, -0.1) is 0 Å². The highest BCUT2D eigenvalue weighted by molar-refractivity contribution is 6.63. The van der Waals surface area contributed by atoms with Crippen molar-refractivity contribution < 1.29 is 18.6 Å². The van der Waals surface area contributed by atoms with Crippen LogP contribution in [-0.4, -0.2) is 25.4 Å². The van der Waals surface area contributed by atoms with Gasteiger partial charge in [-0.3, -0.25) is 0 Å². The normalized spacial score (nSPS) is 21.6. The minimum atomic E-state index is -0.493. The Hall–Kier alpha value is -2.43. The summed E-state index contributed by atoms with van der Waals surface area (Å²) in [6, 6.07) is 13.2. The monoisotopic (exact) mass is 442 g/mol. The standard InChI is InChI=1S/C27H32B2O4/c1-9-27(10-2)23-15-19(28-30-17(3)25(5,6)32-28)11-13-21(23)22-14-12-20(16-24(22)27)29-31-18(4)26(7,8)33-29/h11-16H,3-4,9-10H2,1-2,5-8H3. The van der Waals surface area contributed by atoms with Crippen LogP contribution >= 0.6 is 0 Å². The number of fused-ring (bicyclic) bond motifs is 3. The van der Waals surface area contributed by atoms with Crippen molar-refractivity contribution in [3.8, 4) is 11.1 Å². The molecule has 2 aliphatic heterocycles. The Labute approximate surface area is 198 Å². The van der Waals surface area contributed by atoms with E-state index in [0.717, 1.165) is 23.8 Å². The Bertz CT molecular complexity index is 1080. The van der Waals surface area contributed by atoms with Crippen molar-refractivity contribution in [2.24, 2.45) is 0 Å². The van der Waals surface area contributed by atoms with Crippen LogP contribution < -0.4 is 10.9 Å². The molecule has 2 aromatic rings. The van der Waals surface area contributed by atoms with Gasteiger partial charge in [0.25, 0.3) is 0 Å². The number of benzene rings is 2. The van der Waals surface area contributed by atoms with E-state index in [4.69, 9.17) is 18.6 Å². The van der Waals surface area contributed by atoms with Gasteiger partial charge in [0.15, 0.2) is 0 Å². The van der Waals surface area contributed by atoms with Gasteiger partial charge in [-0.2, -0.15) is 0 Å². The summed E-state index contributed by atoms with van der Waals surface area (Å²) in [5, 5.41) is 0. The Morgan fingerprint density at radius 3 is 1.39 bits per heavy atom. The first kappa shape index (κ1) is 22.4. The van der Waals surface area contributed by atoms with Crippen LogP contribution in [0.4, 0.5) is 0 Å². The zero-order chi connectivity index (χ0) is 23.8. The summed E-state index contributed by atoms with van der Waals surface area (Å²) in [4.78, 5) is 0. The van der Waals surface area contributed by atoms with Gasteiger partial charge in [-0.1, -0.05) is 63.4 Å². The SMILES string of the molecule is C=C1OB(c2ccc3c(c2)C(CC)(CC)c2cc(B4OC(=C)C(C)(C)O4)ccc2-3)OC1(C)C. The summed E-state index contributed by atoms with van der Waals surface area (Å²) in [6.45, 7) is 20.6. The van der Waals surface area contributed by atoms with Crippen LogP contribution in [0.2, 0.25) is 0 Å². The van der Waals surface area contributed by atoms with Crippen molar-refractivity contribution in [1.29, 1.82) is 0 Å². The van der Waals surface area contributed by atoms with Crippen LogP contribution in [0.1, 0.15) is 65.5 Å². The van der Waals surface area contributed by atoms with E-state index in [0.29, 0.717) is 11.5 Å². The van der Waals surface area contributed by atoms with Gasteiger partial charge in [0.05, 0.1) is 11.5 Å². The van der Waals surface area contributed by atoms with Gasteiger partial charge in [0, 0.05) is 5.41 Å². The predicted molar refractivity (Wildman–Crippen MR) is 135 cm³/mol. The highest BCUT2D eigenvalue weighted by atomic mass is 16.7. The first-order valence-corrected chi connectivity index (χ1v) is 11.9. The molecule has 0 bridgehead atoms. The molecule has 2 fully saturated rings. The molecule has 33 heavy (non-hydrogen) atoms. The third-order valence-corrected chi connectivity index (χ3v) is 7.80. The molecule has 0 spiro atoms. The van der Waals surface area contributed by atoms with E-state index in [1.165, 1.54) is 22.3 Å². The molecule has 170 valence electrons. The summed E-state index contributed by atoms with van der Waals surface area (Å²) < 4.78 is 24.3. The van der Waals surface area contributed by atoms with Crippen LogP contribution in [0.5, 0.6) is 0 Å². The minimum absolute atomic E-state index is 0.0903. The fraction of sp³-hybridized carbons (Fsp3) is 0.407. The molecule has 0 atom stereocenters. The summed E-state index contributed by atoms with van der Waals surface area (Å²) in [7, 11) is -0.867. The molecule has 0 saturated carbocycles. The van der Waals surface area contributed by atoms with Crippen LogP contribution in [0.15, 0.2) is 61.1 Å². The van der Waals surface area contributed by atoms with Crippen molar-refractivity contribution in [2.75, 3.05) is 0 Å². The summed E-state index contributed by atoms with van der Waals surface area (Å²) >= 11 is 0. The molecule has 1 aliphatic carbocycles. The van der Waals surface area contributed by atoms with Gasteiger partial charge in [-0.25, -0.2) is 0 Å². The average molecular weight is 442 g/mol. The van der Waals surface area contributed by atoms with Gasteiger partial charge >= 0.3 is 14.2 Å². The molecule has 2 heterocycles. The molecule has 5 rings (SSSR count). The third-order valence-electron chi connectivity index (χ3n) is 7.80. The third kappa shape index (κ3) is 3.22. The summed E-state index contributed by atoms with van der Waals surface area (Å²) in [5.74, 6) is 1.33. The zero-order valence-corrected chi connectivity index (χ0v) is 20.6. The Morgan fingerprint density at radius 1 is 0.697 bits per heavy atom. The van der Waals surface area contributed by atoms with Gasteiger partial charge in [-0.05, 0) is 73.7 Å². The lowest BCUT2D eigenvalue weighted by molar-refractivity contribution is 0.172. The first-order valence-electron chi connectivity index (χ1n) is 11.9. The molecule has 0 aromatic heterocycles. The van der Waals surface area contributed by atoms with Crippen LogP contribution in [0.3, 0.4) is 0 Å². The fourth-order valence-electron chi connectivity index (χ4n) is 5.36. The minimum Gasteiger partial charge on any atom is -0.534 e. The molecule has 0 unspecified atom stereocenters. The van der Waals surface area contributed by atoms with E-state index in [1.807, 2.05) is 27.7 Å². The molecule has 0 amide bonds. The van der Waals surface area contributed by atoms with Crippen LogP contribution in [0, 0.1) is 0 Å². The maximum atomic E-state index is 6.17. The summed E-state index contributed by atoms with van der Waals surface area (Å²) in [6.07, 6.45) is 1.98. The molecule has 4 nitrogen and oxygen atoms in total. The molecule has 0 N–H and O–H groups in total. The Kier molecular flexibility index (Phi) is 4.94. The predicted octanol–water partition coefficient (Wildman–Crippen LogP) is 4.84. The van der Waals surface area contributed by atoms with Crippen LogP contribution in [-0.2, 0) is 24.0 Å². The molecular weight excluding hydrogens is 410 g/mol. The molecule has 2 aromatic carbocycles. The lowest BCUT2D eigenvalue weighted by Gasteiger charge is -2.30. The lowest BCUT2D eigenvalue weighted by Crippen LogP contribution is -2.36. The van der Waals surface area contributed by atoms with Crippen molar-refractivity contribution >= 4 is 25.2 Å². The fourth-order valence-corrected chi connectivity index (χ4v) is 5.36. The largest absolute Gasteiger partial charge is 0.563 e. The van der Waals surface area contributed by atoms with Crippen molar-refractivity contribution in [1.82, 2.24) is 0 Å². The van der Waals surface area contributed by atoms with E-state index >= 15 is 0 Å². The smallest absolute Gasteiger partial charge is 0.534 e. The van der Waals surface area contributed by atoms with Gasteiger partial charge < -0.3 is 18.6 Å². The van der Waals surface area contributed by atoms with E-state index in [2.05, 4.69) is 63.4 Å². The maximum Gasteiger partial charge on any atom is 0.563 e. The van der Waals surface area contributed by atoms with E-state index in [1.54, 1.807) is 0 Å². The summed E-state index contributed by atoms with van der Waals surface area (Å²) in [5.41, 5.74) is 6.19. The number of hydrogen-bond acceptors (Lipinski definition) is 4. The molecule has 3 aliphatic rings. The Balaban J connectivity index is 1.57. The molecule has 0 radical (unpaired) electrons. The second kappa shape index (κ2) is 7.28. The van der Waals surface area contributed by atoms with Crippen molar-refractivity contribution in [3.63, 3.8) is 0 Å². The van der Waals surface area contributed by atoms with Crippen LogP contribution in [0.25, 0.3) is 11.1 Å². The van der Waals surface area contributed by atoms with E-state index in [-0.39, 0.29) is 5.41 Å². The highest BCUT2D eigenvalue weighted by Gasteiger charge is 2.47. The van der Waals surface area contributed by atoms with Crippen molar-refractivity contribution in [3.05, 3.63) is 72.2 Å². The van der Waals surface area contributed by atoms with Gasteiger partial charge in [0.1, 0.15) is 11.2 Å². The topological polar surface area (TPSA) is 36.9 Å². The molecule has 6 heteroatoms. The quantitative estimate of drug-likeness (QED) is 0.636. The first-order chi connectivity index (χ1) is 15.5. The van der Waals surface area contributed by atoms with E-state index < -0.39 is 25.4 Å². The second-order valence-electron chi connectivity index (χ2n) is 10.4. The molecule has 2 saturated heterocycles. The number of hydrogen-bond donors (Lipinski definition) is 0. The zero-order valence-electron chi connectivity index (χ0n) is 20.6. The van der Waals surface area contributed by atoms with Gasteiger partial charge in [0.2, 0.25) is 0 Å². The maximum absolute atomic E-state index is 6.17. The second-order valence-corrected chi connectivity index (χ2v) is 10.4. The number of rotatable bonds is 4. The average Bonchev–Trinajstić information content (AvgIpc) is 3.33. The lowest BCUT2D eigenvalue weighted by atomic mass is 9.69.